The first-order valence-electron chi connectivity index (χ1n) is 4.88. The van der Waals surface area contributed by atoms with Gasteiger partial charge in [0.2, 0.25) is 5.91 Å². The molecule has 0 spiro atoms. The summed E-state index contributed by atoms with van der Waals surface area (Å²) >= 11 is 0. The molecule has 0 fully saturated rings. The first-order valence-corrected chi connectivity index (χ1v) is 4.88. The van der Waals surface area contributed by atoms with Gasteiger partial charge in [0.25, 0.3) is 0 Å². The lowest BCUT2D eigenvalue weighted by atomic mass is 10.0. The summed E-state index contributed by atoms with van der Waals surface area (Å²) in [6.07, 6.45) is 1.25. The van der Waals surface area contributed by atoms with E-state index in [1.54, 1.807) is 0 Å². The van der Waals surface area contributed by atoms with Crippen LogP contribution in [-0.4, -0.2) is 58.3 Å². The maximum absolute atomic E-state index is 11.3. The van der Waals surface area contributed by atoms with Crippen LogP contribution >= 0.6 is 0 Å². The highest BCUT2D eigenvalue weighted by atomic mass is 16.3. The van der Waals surface area contributed by atoms with Gasteiger partial charge < -0.3 is 25.7 Å². The molecule has 0 aromatic rings. The summed E-state index contributed by atoms with van der Waals surface area (Å²) in [6, 6.07) is 0. The van der Waals surface area contributed by atoms with E-state index in [-0.39, 0.29) is 18.9 Å². The van der Waals surface area contributed by atoms with E-state index in [1.807, 2.05) is 0 Å². The summed E-state index contributed by atoms with van der Waals surface area (Å²) in [4.78, 5) is 11.3. The van der Waals surface area contributed by atoms with Gasteiger partial charge in [0.15, 0.2) is 0 Å². The fourth-order valence-electron chi connectivity index (χ4n) is 1.02. The summed E-state index contributed by atoms with van der Waals surface area (Å²) in [5.74, 6) is -0.361. The molecule has 90 valence electrons. The number of aliphatic hydroxyl groups is 4. The van der Waals surface area contributed by atoms with E-state index >= 15 is 0 Å². The smallest absolute Gasteiger partial charge is 0.220 e. The Bertz CT molecular complexity index is 173. The molecule has 5 N–H and O–H groups in total. The molecule has 0 aromatic heterocycles. The first-order chi connectivity index (χ1) is 7.14. The van der Waals surface area contributed by atoms with Gasteiger partial charge in [-0.15, -0.1) is 0 Å². The van der Waals surface area contributed by atoms with Crippen LogP contribution in [0.25, 0.3) is 0 Å². The molecular formula is C9H19NO5. The topological polar surface area (TPSA) is 110 Å². The maximum Gasteiger partial charge on any atom is 0.220 e. The molecule has 0 bridgehead atoms. The van der Waals surface area contributed by atoms with Gasteiger partial charge in [-0.05, 0) is 12.8 Å². The molecule has 6 nitrogen and oxygen atoms in total. The molecule has 0 unspecified atom stereocenters. The summed E-state index contributed by atoms with van der Waals surface area (Å²) < 4.78 is 0. The van der Waals surface area contributed by atoms with Crippen molar-refractivity contribution >= 4 is 5.91 Å². The molecule has 0 radical (unpaired) electrons. The van der Waals surface area contributed by atoms with Gasteiger partial charge in [-0.3, -0.25) is 4.79 Å². The van der Waals surface area contributed by atoms with Crippen LogP contribution in [-0.2, 0) is 4.79 Å². The second-order valence-corrected chi connectivity index (χ2v) is 3.48. The standard InChI is InChI=1S/C9H19NO5/c11-4-2-1-3-8(15)10-9(5-12,6-13)7-14/h11-14H,1-7H2,(H,10,15). The number of carbonyl (C=O) groups excluding carboxylic acids is 1. The van der Waals surface area contributed by atoms with E-state index in [4.69, 9.17) is 20.4 Å². The van der Waals surface area contributed by atoms with E-state index in [0.29, 0.717) is 12.8 Å². The number of hydrogen-bond acceptors (Lipinski definition) is 5. The lowest BCUT2D eigenvalue weighted by molar-refractivity contribution is -0.125. The van der Waals surface area contributed by atoms with Crippen molar-refractivity contribution in [3.05, 3.63) is 0 Å². The molecule has 0 rings (SSSR count). The van der Waals surface area contributed by atoms with Crippen molar-refractivity contribution in [1.29, 1.82) is 0 Å². The second-order valence-electron chi connectivity index (χ2n) is 3.48. The Morgan fingerprint density at radius 2 is 1.53 bits per heavy atom. The van der Waals surface area contributed by atoms with Crippen molar-refractivity contribution < 1.29 is 25.2 Å². The minimum atomic E-state index is -1.35. The zero-order valence-corrected chi connectivity index (χ0v) is 8.65. The van der Waals surface area contributed by atoms with Crippen molar-refractivity contribution in [1.82, 2.24) is 5.32 Å². The highest BCUT2D eigenvalue weighted by molar-refractivity contribution is 5.76. The van der Waals surface area contributed by atoms with Gasteiger partial charge in [0.1, 0.15) is 5.54 Å². The molecular weight excluding hydrogens is 202 g/mol. The Hall–Kier alpha value is -0.690. The number of nitrogens with one attached hydrogen (secondary N) is 1. The van der Waals surface area contributed by atoms with Gasteiger partial charge >= 0.3 is 0 Å². The number of rotatable bonds is 8. The van der Waals surface area contributed by atoms with Crippen molar-refractivity contribution in [3.8, 4) is 0 Å². The van der Waals surface area contributed by atoms with E-state index in [9.17, 15) is 4.79 Å². The molecule has 0 atom stereocenters. The number of hydrogen-bond donors (Lipinski definition) is 5. The van der Waals surface area contributed by atoms with Crippen LogP contribution in [0.2, 0.25) is 0 Å². The van der Waals surface area contributed by atoms with Gasteiger partial charge in [-0.25, -0.2) is 0 Å². The number of carbonyl (C=O) groups is 1. The van der Waals surface area contributed by atoms with Gasteiger partial charge in [0.05, 0.1) is 19.8 Å². The number of aliphatic hydroxyl groups excluding tert-OH is 4. The molecule has 6 heteroatoms. The summed E-state index contributed by atoms with van der Waals surface area (Å²) in [5.41, 5.74) is -1.35. The molecule has 15 heavy (non-hydrogen) atoms. The third-order valence-electron chi connectivity index (χ3n) is 2.12. The highest BCUT2D eigenvalue weighted by Crippen LogP contribution is 2.03. The Morgan fingerprint density at radius 1 is 1.00 bits per heavy atom. The van der Waals surface area contributed by atoms with E-state index in [0.717, 1.165) is 0 Å². The minimum absolute atomic E-state index is 0.0262. The van der Waals surface area contributed by atoms with E-state index < -0.39 is 25.4 Å². The Kier molecular flexibility index (Phi) is 7.23. The predicted octanol–water partition coefficient (Wildman–Crippen LogP) is -2.02. The fourth-order valence-corrected chi connectivity index (χ4v) is 1.02. The highest BCUT2D eigenvalue weighted by Gasteiger charge is 2.29. The number of unbranched alkanes of at least 4 members (excludes halogenated alkanes) is 1. The molecule has 0 aliphatic rings. The number of amides is 1. The zero-order valence-electron chi connectivity index (χ0n) is 8.65. The summed E-state index contributed by atoms with van der Waals surface area (Å²) in [5, 5.41) is 37.6. The molecule has 0 aliphatic carbocycles. The van der Waals surface area contributed by atoms with Crippen LogP contribution in [0.5, 0.6) is 0 Å². The molecule has 0 aliphatic heterocycles. The van der Waals surface area contributed by atoms with Crippen LogP contribution in [0.3, 0.4) is 0 Å². The second kappa shape index (κ2) is 7.58. The third-order valence-corrected chi connectivity index (χ3v) is 2.12. The third kappa shape index (κ3) is 5.08. The van der Waals surface area contributed by atoms with Crippen LogP contribution in [0.1, 0.15) is 19.3 Å². The SMILES string of the molecule is O=C(CCCCO)NC(CO)(CO)CO. The normalized spacial score (nSPS) is 11.5. The first kappa shape index (κ1) is 14.3. The zero-order chi connectivity index (χ0) is 11.7. The molecule has 0 heterocycles. The van der Waals surface area contributed by atoms with E-state index in [1.165, 1.54) is 0 Å². The average molecular weight is 221 g/mol. The van der Waals surface area contributed by atoms with Crippen LogP contribution in [0.15, 0.2) is 0 Å². The Labute approximate surface area is 88.5 Å². The van der Waals surface area contributed by atoms with Gasteiger partial charge in [-0.2, -0.15) is 0 Å². The predicted molar refractivity (Wildman–Crippen MR) is 53.1 cm³/mol. The minimum Gasteiger partial charge on any atom is -0.396 e. The van der Waals surface area contributed by atoms with Gasteiger partial charge in [0, 0.05) is 13.0 Å². The Balaban J connectivity index is 4.00. The lowest BCUT2D eigenvalue weighted by Crippen LogP contribution is -2.57. The Morgan fingerprint density at radius 3 is 1.93 bits per heavy atom. The fraction of sp³-hybridized carbons (Fsp3) is 0.889. The summed E-state index contributed by atoms with van der Waals surface area (Å²) in [7, 11) is 0. The average Bonchev–Trinajstić information content (AvgIpc) is 2.26. The lowest BCUT2D eigenvalue weighted by Gasteiger charge is -2.28. The monoisotopic (exact) mass is 221 g/mol. The van der Waals surface area contributed by atoms with Crippen molar-refractivity contribution in [2.45, 2.75) is 24.8 Å². The molecule has 0 saturated heterocycles. The van der Waals surface area contributed by atoms with Crippen molar-refractivity contribution in [2.75, 3.05) is 26.4 Å². The largest absolute Gasteiger partial charge is 0.396 e. The maximum atomic E-state index is 11.3. The summed E-state index contributed by atoms with van der Waals surface area (Å²) in [6.45, 7) is -1.54. The van der Waals surface area contributed by atoms with Crippen LogP contribution in [0, 0.1) is 0 Å². The van der Waals surface area contributed by atoms with E-state index in [2.05, 4.69) is 5.32 Å². The van der Waals surface area contributed by atoms with Crippen molar-refractivity contribution in [2.24, 2.45) is 0 Å². The van der Waals surface area contributed by atoms with Crippen LogP contribution < -0.4 is 5.32 Å². The molecule has 0 aromatic carbocycles. The molecule has 0 saturated carbocycles. The van der Waals surface area contributed by atoms with Crippen LogP contribution in [0.4, 0.5) is 0 Å². The quantitative estimate of drug-likeness (QED) is 0.304. The molecule has 1 amide bonds. The van der Waals surface area contributed by atoms with Crippen molar-refractivity contribution in [3.63, 3.8) is 0 Å². The van der Waals surface area contributed by atoms with Gasteiger partial charge in [-0.1, -0.05) is 0 Å².